The van der Waals surface area contributed by atoms with Crippen LogP contribution in [0.1, 0.15) is 38.4 Å². The Morgan fingerprint density at radius 1 is 1.11 bits per heavy atom. The molecule has 180 valence electrons. The Morgan fingerprint density at radius 3 is 2.57 bits per heavy atom. The van der Waals surface area contributed by atoms with Gasteiger partial charge in [-0.1, -0.05) is 30.8 Å². The lowest BCUT2D eigenvalue weighted by atomic mass is 10.0. The molecular formula is C28H31N5O2. The third-order valence-corrected chi connectivity index (χ3v) is 6.06. The molecule has 0 aliphatic carbocycles. The number of rotatable bonds is 8. The molecule has 2 heterocycles. The molecule has 0 saturated carbocycles. The lowest BCUT2D eigenvalue weighted by Crippen LogP contribution is -2.25. The molecule has 0 unspecified atom stereocenters. The van der Waals surface area contributed by atoms with E-state index in [1.807, 2.05) is 64.4 Å². The van der Waals surface area contributed by atoms with Gasteiger partial charge >= 0.3 is 0 Å². The molecule has 7 nitrogen and oxygen atoms in total. The molecule has 0 bridgehead atoms. The number of amides is 2. The predicted molar refractivity (Wildman–Crippen MR) is 143 cm³/mol. The topological polar surface area (TPSA) is 89.3 Å². The van der Waals surface area contributed by atoms with Gasteiger partial charge in [-0.2, -0.15) is 0 Å². The molecule has 35 heavy (non-hydrogen) atoms. The van der Waals surface area contributed by atoms with Gasteiger partial charge < -0.3 is 25.8 Å². The average Bonchev–Trinajstić information content (AvgIpc) is 3.28. The Labute approximate surface area is 205 Å². The van der Waals surface area contributed by atoms with E-state index in [0.29, 0.717) is 22.5 Å². The van der Waals surface area contributed by atoms with Crippen molar-refractivity contribution in [2.45, 2.75) is 13.8 Å². The van der Waals surface area contributed by atoms with Gasteiger partial charge in [0.25, 0.3) is 11.8 Å². The van der Waals surface area contributed by atoms with E-state index in [9.17, 15) is 9.59 Å². The number of aryl methyl sites for hydroxylation is 1. The Bertz CT molecular complexity index is 1320. The Kier molecular flexibility index (Phi) is 6.89. The lowest BCUT2D eigenvalue weighted by Gasteiger charge is -2.14. The van der Waals surface area contributed by atoms with E-state index in [4.69, 9.17) is 0 Å². The van der Waals surface area contributed by atoms with Crippen LogP contribution in [0.15, 0.2) is 55.1 Å². The minimum Gasteiger partial charge on any atom is -0.384 e. The number of hydrogen-bond donors (Lipinski definition) is 4. The van der Waals surface area contributed by atoms with Crippen LogP contribution >= 0.6 is 0 Å². The highest BCUT2D eigenvalue weighted by Gasteiger charge is 2.25. The molecule has 2 aromatic carbocycles. The summed E-state index contributed by atoms with van der Waals surface area (Å²) < 4.78 is 0. The van der Waals surface area contributed by atoms with E-state index in [2.05, 4.69) is 32.4 Å². The van der Waals surface area contributed by atoms with E-state index in [-0.39, 0.29) is 11.8 Å². The maximum atomic E-state index is 12.8. The third kappa shape index (κ3) is 5.20. The molecule has 1 aliphatic rings. The van der Waals surface area contributed by atoms with Crippen molar-refractivity contribution in [1.82, 2.24) is 15.2 Å². The number of aromatic amines is 1. The Morgan fingerprint density at radius 2 is 1.86 bits per heavy atom. The first kappa shape index (κ1) is 24.0. The summed E-state index contributed by atoms with van der Waals surface area (Å²) in [6.07, 6.45) is 1.88. The minimum atomic E-state index is -0.199. The fourth-order valence-electron chi connectivity index (χ4n) is 4.24. The molecule has 1 aliphatic heterocycles. The molecule has 0 radical (unpaired) electrons. The quantitative estimate of drug-likeness (QED) is 0.366. The second-order valence-corrected chi connectivity index (χ2v) is 8.96. The number of carbonyl (C=O) groups excluding carboxylic acids is 2. The van der Waals surface area contributed by atoms with Crippen molar-refractivity contribution in [3.05, 3.63) is 88.8 Å². The van der Waals surface area contributed by atoms with Gasteiger partial charge in [0.05, 0.1) is 11.3 Å². The van der Waals surface area contributed by atoms with E-state index in [1.165, 1.54) is 0 Å². The van der Waals surface area contributed by atoms with E-state index < -0.39 is 0 Å². The average molecular weight is 470 g/mol. The van der Waals surface area contributed by atoms with Gasteiger partial charge in [0.2, 0.25) is 0 Å². The largest absolute Gasteiger partial charge is 0.384 e. The van der Waals surface area contributed by atoms with Gasteiger partial charge in [-0.15, -0.1) is 0 Å². The van der Waals surface area contributed by atoms with Crippen molar-refractivity contribution < 1.29 is 9.59 Å². The summed E-state index contributed by atoms with van der Waals surface area (Å²) in [5.74, 6) is -0.377. The van der Waals surface area contributed by atoms with Crippen LogP contribution in [0, 0.1) is 13.8 Å². The number of aromatic nitrogens is 1. The van der Waals surface area contributed by atoms with Crippen LogP contribution in [0.5, 0.6) is 0 Å². The van der Waals surface area contributed by atoms with Crippen molar-refractivity contribution in [2.24, 2.45) is 0 Å². The highest BCUT2D eigenvalue weighted by atomic mass is 16.2. The predicted octanol–water partition coefficient (Wildman–Crippen LogP) is 4.50. The zero-order chi connectivity index (χ0) is 25.1. The molecule has 4 rings (SSSR count). The van der Waals surface area contributed by atoms with Crippen LogP contribution in [0.4, 0.5) is 11.4 Å². The van der Waals surface area contributed by atoms with E-state index in [1.54, 1.807) is 18.2 Å². The number of H-pyrrole nitrogens is 1. The fourth-order valence-corrected chi connectivity index (χ4v) is 4.24. The molecule has 7 heteroatoms. The molecule has 4 N–H and O–H groups in total. The highest BCUT2D eigenvalue weighted by molar-refractivity contribution is 6.35. The second kappa shape index (κ2) is 10.0. The molecule has 2 amide bonds. The summed E-state index contributed by atoms with van der Waals surface area (Å²) in [5, 5.41) is 9.19. The summed E-state index contributed by atoms with van der Waals surface area (Å²) in [4.78, 5) is 30.8. The maximum absolute atomic E-state index is 12.8. The number of likely N-dealkylation sites (N-methyl/N-ethyl adjacent to an activating group) is 1. The van der Waals surface area contributed by atoms with Gasteiger partial charge in [0.1, 0.15) is 0 Å². The number of fused-ring (bicyclic) bond motifs is 1. The third-order valence-electron chi connectivity index (χ3n) is 6.06. The maximum Gasteiger partial charge on any atom is 0.256 e. The molecule has 3 aromatic rings. The standard InChI is InChI=1S/C28H31N5O2/c1-17-24(30-19(3)26(17)18(2)29-13-14-33(4)5)16-23-22-12-11-21(15-25(22)32-28(23)35)31-27(34)20-9-7-6-8-10-20/h6-12,15-16,29-30H,2,13-14H2,1,3-5H3,(H,31,34)(H,32,35)/b23-16-. The molecule has 0 atom stereocenters. The van der Waals surface area contributed by atoms with Crippen LogP contribution < -0.4 is 16.0 Å². The number of anilines is 2. The van der Waals surface area contributed by atoms with Gasteiger partial charge in [-0.25, -0.2) is 0 Å². The van der Waals surface area contributed by atoms with Crippen molar-refractivity contribution >= 4 is 40.5 Å². The zero-order valence-corrected chi connectivity index (χ0v) is 20.6. The minimum absolute atomic E-state index is 0.178. The van der Waals surface area contributed by atoms with Gasteiger partial charge in [-0.3, -0.25) is 9.59 Å². The van der Waals surface area contributed by atoms with Crippen LogP contribution in [0.3, 0.4) is 0 Å². The van der Waals surface area contributed by atoms with Crippen LogP contribution in [-0.2, 0) is 4.79 Å². The Hall–Kier alpha value is -4.10. The summed E-state index contributed by atoms with van der Waals surface area (Å²) in [6.45, 7) is 9.95. The van der Waals surface area contributed by atoms with Crippen molar-refractivity contribution in [3.63, 3.8) is 0 Å². The highest BCUT2D eigenvalue weighted by Crippen LogP contribution is 2.36. The van der Waals surface area contributed by atoms with Gasteiger partial charge in [0.15, 0.2) is 0 Å². The fraction of sp³-hybridized carbons (Fsp3) is 0.214. The van der Waals surface area contributed by atoms with E-state index in [0.717, 1.165) is 46.9 Å². The second-order valence-electron chi connectivity index (χ2n) is 8.96. The van der Waals surface area contributed by atoms with Crippen molar-refractivity contribution in [2.75, 3.05) is 37.8 Å². The number of nitrogens with zero attached hydrogens (tertiary/aromatic N) is 1. The smallest absolute Gasteiger partial charge is 0.256 e. The van der Waals surface area contributed by atoms with E-state index >= 15 is 0 Å². The van der Waals surface area contributed by atoms with Crippen LogP contribution in [0.25, 0.3) is 17.3 Å². The van der Waals surface area contributed by atoms with Crippen LogP contribution in [-0.4, -0.2) is 48.9 Å². The van der Waals surface area contributed by atoms with Crippen molar-refractivity contribution in [3.8, 4) is 0 Å². The number of hydrogen-bond acceptors (Lipinski definition) is 4. The van der Waals surface area contributed by atoms with Gasteiger partial charge in [0, 0.05) is 52.6 Å². The Balaban J connectivity index is 1.56. The number of carbonyl (C=O) groups is 2. The normalized spacial score (nSPS) is 13.6. The first-order valence-corrected chi connectivity index (χ1v) is 11.6. The summed E-state index contributed by atoms with van der Waals surface area (Å²) in [5.41, 5.74) is 8.02. The number of nitrogens with one attached hydrogen (secondary N) is 4. The summed E-state index contributed by atoms with van der Waals surface area (Å²) >= 11 is 0. The molecule has 0 spiro atoms. The molecule has 0 fully saturated rings. The monoisotopic (exact) mass is 469 g/mol. The zero-order valence-electron chi connectivity index (χ0n) is 20.6. The van der Waals surface area contributed by atoms with Crippen molar-refractivity contribution in [1.29, 1.82) is 0 Å². The first-order chi connectivity index (χ1) is 16.7. The summed E-state index contributed by atoms with van der Waals surface area (Å²) in [6, 6.07) is 14.5. The number of benzene rings is 2. The summed E-state index contributed by atoms with van der Waals surface area (Å²) in [7, 11) is 4.07. The first-order valence-electron chi connectivity index (χ1n) is 11.6. The molecule has 0 saturated heterocycles. The molecule has 1 aromatic heterocycles. The lowest BCUT2D eigenvalue weighted by molar-refractivity contribution is -0.110. The SMILES string of the molecule is C=C(NCCN(C)C)c1c(C)[nH]c(/C=C2\C(=O)Nc3cc(NC(=O)c4ccccc4)ccc32)c1C. The molecular weight excluding hydrogens is 438 g/mol. The van der Waals surface area contributed by atoms with Gasteiger partial charge in [-0.05, 0) is 63.8 Å². The van der Waals surface area contributed by atoms with Crippen LogP contribution in [0.2, 0.25) is 0 Å².